The Bertz CT molecular complexity index is 517. The summed E-state index contributed by atoms with van der Waals surface area (Å²) in [6.45, 7) is 2.53. The number of nitrogens with zero attached hydrogens (tertiary/aromatic N) is 1. The highest BCUT2D eigenvalue weighted by molar-refractivity contribution is 14.0. The van der Waals surface area contributed by atoms with Crippen LogP contribution in [-0.2, 0) is 6.54 Å². The molecule has 8 heteroatoms. The normalized spacial score (nSPS) is 11.2. The summed E-state index contributed by atoms with van der Waals surface area (Å²) in [6, 6.07) is 4.76. The van der Waals surface area contributed by atoms with Gasteiger partial charge in [-0.15, -0.1) is 24.0 Å². The lowest BCUT2D eigenvalue weighted by molar-refractivity contribution is -0.0514. The van der Waals surface area contributed by atoms with Crippen LogP contribution in [-0.4, -0.2) is 25.7 Å². The second-order valence-corrected chi connectivity index (χ2v) is 5.28. The molecule has 0 radical (unpaired) electrons. The van der Waals surface area contributed by atoms with E-state index in [-0.39, 0.29) is 35.5 Å². The first-order valence-electron chi connectivity index (χ1n) is 8.31. The second kappa shape index (κ2) is 13.9. The van der Waals surface area contributed by atoms with Crippen molar-refractivity contribution in [3.8, 4) is 11.5 Å². The number of halogens is 3. The zero-order chi connectivity index (χ0) is 17.8. The van der Waals surface area contributed by atoms with E-state index in [2.05, 4.69) is 22.0 Å². The number of benzene rings is 1. The minimum atomic E-state index is -2.89. The van der Waals surface area contributed by atoms with Crippen molar-refractivity contribution in [1.29, 1.82) is 0 Å². The number of unbranched alkanes of at least 4 members (excludes halogenated alkanes) is 3. The number of rotatable bonds is 11. The lowest BCUT2D eigenvalue weighted by atomic mass is 10.2. The van der Waals surface area contributed by atoms with Crippen molar-refractivity contribution in [2.45, 2.75) is 52.7 Å². The van der Waals surface area contributed by atoms with Gasteiger partial charge >= 0.3 is 6.61 Å². The number of nitrogens with one attached hydrogen (secondary N) is 1. The summed E-state index contributed by atoms with van der Waals surface area (Å²) in [7, 11) is 0. The monoisotopic (exact) mass is 471 g/mol. The van der Waals surface area contributed by atoms with Gasteiger partial charge < -0.3 is 20.5 Å². The largest absolute Gasteiger partial charge is 0.490 e. The minimum absolute atomic E-state index is 0. The summed E-state index contributed by atoms with van der Waals surface area (Å²) in [4.78, 5) is 4.24. The summed E-state index contributed by atoms with van der Waals surface area (Å²) >= 11 is 0. The van der Waals surface area contributed by atoms with Gasteiger partial charge in [0.05, 0.1) is 13.2 Å². The van der Waals surface area contributed by atoms with Crippen LogP contribution in [0.25, 0.3) is 0 Å². The van der Waals surface area contributed by atoms with Gasteiger partial charge in [-0.05, 0) is 31.0 Å². The van der Waals surface area contributed by atoms with E-state index in [0.717, 1.165) is 18.5 Å². The molecular weight excluding hydrogens is 443 g/mol. The van der Waals surface area contributed by atoms with Crippen LogP contribution in [0.3, 0.4) is 0 Å². The van der Waals surface area contributed by atoms with Gasteiger partial charge in [-0.3, -0.25) is 0 Å². The van der Waals surface area contributed by atoms with E-state index < -0.39 is 6.61 Å². The first kappa shape index (κ1) is 23.7. The van der Waals surface area contributed by atoms with Gasteiger partial charge in [0.1, 0.15) is 0 Å². The Kier molecular flexibility index (Phi) is 13.2. The molecule has 0 saturated heterocycles. The summed E-state index contributed by atoms with van der Waals surface area (Å²) in [5.41, 5.74) is 6.61. The van der Waals surface area contributed by atoms with Gasteiger partial charge in [-0.25, -0.2) is 4.99 Å². The topological polar surface area (TPSA) is 68.9 Å². The van der Waals surface area contributed by atoms with Crippen molar-refractivity contribution in [3.05, 3.63) is 23.8 Å². The Morgan fingerprint density at radius 2 is 1.96 bits per heavy atom. The maximum atomic E-state index is 12.4. The van der Waals surface area contributed by atoms with E-state index in [1.807, 2.05) is 0 Å². The number of hydrogen-bond donors (Lipinski definition) is 2. The number of aliphatic imine (C=N–C) groups is 1. The van der Waals surface area contributed by atoms with Crippen LogP contribution in [0, 0.1) is 0 Å². The van der Waals surface area contributed by atoms with Gasteiger partial charge in [-0.2, -0.15) is 8.78 Å². The third kappa shape index (κ3) is 10.3. The average molecular weight is 471 g/mol. The van der Waals surface area contributed by atoms with Crippen LogP contribution in [0.2, 0.25) is 0 Å². The fraction of sp³-hybridized carbons (Fsp3) is 0.588. The van der Waals surface area contributed by atoms with Gasteiger partial charge in [0.15, 0.2) is 17.5 Å². The predicted octanol–water partition coefficient (Wildman–Crippen LogP) is 4.29. The van der Waals surface area contributed by atoms with Crippen molar-refractivity contribution in [3.63, 3.8) is 0 Å². The van der Waals surface area contributed by atoms with E-state index in [1.165, 1.54) is 25.3 Å². The SMILES string of the molecule is CCCCCCNC(N)=NCc1ccc(OC(F)F)c(OCC)c1.I. The lowest BCUT2D eigenvalue weighted by Gasteiger charge is -2.12. The summed E-state index contributed by atoms with van der Waals surface area (Å²) in [5.74, 6) is 0.663. The van der Waals surface area contributed by atoms with E-state index in [9.17, 15) is 8.78 Å². The smallest absolute Gasteiger partial charge is 0.387 e. The molecule has 1 aromatic carbocycles. The highest BCUT2D eigenvalue weighted by Gasteiger charge is 2.11. The van der Waals surface area contributed by atoms with Gasteiger partial charge in [0.2, 0.25) is 0 Å². The number of hydrogen-bond acceptors (Lipinski definition) is 3. The Hall–Kier alpha value is -1.32. The molecular formula is C17H28F2IN3O2. The molecule has 0 bridgehead atoms. The van der Waals surface area contributed by atoms with Crippen LogP contribution < -0.4 is 20.5 Å². The van der Waals surface area contributed by atoms with Crippen molar-refractivity contribution >= 4 is 29.9 Å². The highest BCUT2D eigenvalue weighted by atomic mass is 127. The molecule has 0 aromatic heterocycles. The Morgan fingerprint density at radius 1 is 1.20 bits per heavy atom. The molecule has 0 fully saturated rings. The van der Waals surface area contributed by atoms with E-state index in [0.29, 0.717) is 19.1 Å². The Labute approximate surface area is 165 Å². The van der Waals surface area contributed by atoms with Crippen LogP contribution in [0.15, 0.2) is 23.2 Å². The molecule has 144 valence electrons. The molecule has 0 aliphatic rings. The van der Waals surface area contributed by atoms with Crippen LogP contribution in [0.5, 0.6) is 11.5 Å². The molecule has 0 aliphatic heterocycles. The third-order valence-corrected chi connectivity index (χ3v) is 3.29. The zero-order valence-electron chi connectivity index (χ0n) is 14.8. The predicted molar refractivity (Wildman–Crippen MR) is 107 cm³/mol. The zero-order valence-corrected chi connectivity index (χ0v) is 17.1. The molecule has 0 heterocycles. The van der Waals surface area contributed by atoms with Gasteiger partial charge in [-0.1, -0.05) is 32.3 Å². The van der Waals surface area contributed by atoms with Crippen LogP contribution >= 0.6 is 24.0 Å². The summed E-state index contributed by atoms with van der Waals surface area (Å²) in [5, 5.41) is 3.06. The molecule has 3 N–H and O–H groups in total. The number of nitrogens with two attached hydrogens (primary N) is 1. The standard InChI is InChI=1S/C17H27F2N3O2.HI/c1-3-5-6-7-10-21-17(20)22-12-13-8-9-14(24-16(18)19)15(11-13)23-4-2;/h8-9,11,16H,3-7,10,12H2,1-2H3,(H3,20,21,22);1H. The second-order valence-electron chi connectivity index (χ2n) is 5.28. The molecule has 0 atom stereocenters. The first-order valence-corrected chi connectivity index (χ1v) is 8.31. The molecule has 0 amide bonds. The molecule has 0 spiro atoms. The molecule has 5 nitrogen and oxygen atoms in total. The Balaban J connectivity index is 0.00000576. The maximum absolute atomic E-state index is 12.4. The third-order valence-electron chi connectivity index (χ3n) is 3.29. The van der Waals surface area contributed by atoms with E-state index >= 15 is 0 Å². The number of guanidine groups is 1. The number of ether oxygens (including phenoxy) is 2. The molecule has 0 saturated carbocycles. The fourth-order valence-corrected chi connectivity index (χ4v) is 2.11. The maximum Gasteiger partial charge on any atom is 0.387 e. The lowest BCUT2D eigenvalue weighted by Crippen LogP contribution is -2.32. The molecule has 0 unspecified atom stereocenters. The number of alkyl halides is 2. The van der Waals surface area contributed by atoms with Crippen molar-refractivity contribution in [2.24, 2.45) is 10.7 Å². The van der Waals surface area contributed by atoms with Gasteiger partial charge in [0.25, 0.3) is 0 Å². The first-order chi connectivity index (χ1) is 11.6. The average Bonchev–Trinajstić information content (AvgIpc) is 2.54. The molecule has 25 heavy (non-hydrogen) atoms. The van der Waals surface area contributed by atoms with E-state index in [4.69, 9.17) is 10.5 Å². The van der Waals surface area contributed by atoms with Crippen LogP contribution in [0.4, 0.5) is 8.78 Å². The minimum Gasteiger partial charge on any atom is -0.490 e. The quantitative estimate of drug-likeness (QED) is 0.219. The van der Waals surface area contributed by atoms with Crippen molar-refractivity contribution in [2.75, 3.05) is 13.2 Å². The summed E-state index contributed by atoms with van der Waals surface area (Å²) < 4.78 is 34.5. The van der Waals surface area contributed by atoms with Crippen LogP contribution in [0.1, 0.15) is 45.1 Å². The molecule has 1 aromatic rings. The fourth-order valence-electron chi connectivity index (χ4n) is 2.11. The highest BCUT2D eigenvalue weighted by Crippen LogP contribution is 2.30. The van der Waals surface area contributed by atoms with Crippen molar-refractivity contribution < 1.29 is 18.3 Å². The van der Waals surface area contributed by atoms with Crippen molar-refractivity contribution in [1.82, 2.24) is 5.32 Å². The van der Waals surface area contributed by atoms with E-state index in [1.54, 1.807) is 19.1 Å². The van der Waals surface area contributed by atoms with Gasteiger partial charge in [0, 0.05) is 6.54 Å². The summed E-state index contributed by atoms with van der Waals surface area (Å²) in [6.07, 6.45) is 4.63. The Morgan fingerprint density at radius 3 is 2.60 bits per heavy atom. The molecule has 1 rings (SSSR count). The molecule has 0 aliphatic carbocycles.